The van der Waals surface area contributed by atoms with E-state index in [2.05, 4.69) is 15.2 Å². The van der Waals surface area contributed by atoms with Gasteiger partial charge in [-0.3, -0.25) is 14.5 Å². The van der Waals surface area contributed by atoms with Crippen molar-refractivity contribution in [3.63, 3.8) is 0 Å². The van der Waals surface area contributed by atoms with Gasteiger partial charge in [-0.15, -0.1) is 0 Å². The minimum atomic E-state index is -4.54. The van der Waals surface area contributed by atoms with Crippen LogP contribution >= 0.6 is 0 Å². The summed E-state index contributed by atoms with van der Waals surface area (Å²) >= 11 is 0. The lowest BCUT2D eigenvalue weighted by Gasteiger charge is -2.15. The zero-order chi connectivity index (χ0) is 20.1. The summed E-state index contributed by atoms with van der Waals surface area (Å²) < 4.78 is 45.2. The molecule has 0 saturated heterocycles. The van der Waals surface area contributed by atoms with E-state index in [4.69, 9.17) is 4.74 Å². The van der Waals surface area contributed by atoms with Gasteiger partial charge in [0.15, 0.2) is 0 Å². The Kier molecular flexibility index (Phi) is 4.10. The third kappa shape index (κ3) is 2.98. The Hall–Kier alpha value is -3.36. The molecule has 0 unspecified atom stereocenters. The van der Waals surface area contributed by atoms with Crippen LogP contribution in [0.15, 0.2) is 41.3 Å². The van der Waals surface area contributed by atoms with Crippen LogP contribution in [0.3, 0.4) is 0 Å². The number of benzene rings is 1. The number of hydrogen-bond donors (Lipinski definition) is 1. The topological polar surface area (TPSA) is 72.8 Å². The minimum absolute atomic E-state index is 0.117. The van der Waals surface area contributed by atoms with Gasteiger partial charge in [0.05, 0.1) is 29.7 Å². The van der Waals surface area contributed by atoms with Gasteiger partial charge in [0.1, 0.15) is 6.54 Å². The van der Waals surface area contributed by atoms with Crippen molar-refractivity contribution in [2.45, 2.75) is 19.6 Å². The van der Waals surface area contributed by atoms with Crippen molar-refractivity contribution in [1.82, 2.24) is 19.7 Å². The molecule has 0 radical (unpaired) electrons. The molecular weight excluding hydrogens is 373 g/mol. The summed E-state index contributed by atoms with van der Waals surface area (Å²) in [4.78, 5) is 17.0. The number of nitrogens with zero attached hydrogens (tertiary/aromatic N) is 3. The fraction of sp³-hybridized carbons (Fsp3) is 0.211. The molecule has 6 nitrogen and oxygen atoms in total. The SMILES string of the molecule is COc1ccc(-c2ccc3c4[nH]ncc4c(=O)n(CC(F)(F)F)c3c2)c(C)n1. The predicted molar refractivity (Wildman–Crippen MR) is 98.4 cm³/mol. The van der Waals surface area contributed by atoms with E-state index in [0.717, 1.165) is 10.1 Å². The van der Waals surface area contributed by atoms with Crippen LogP contribution in [0.2, 0.25) is 0 Å². The Morgan fingerprint density at radius 2 is 1.96 bits per heavy atom. The Balaban J connectivity index is 2.01. The van der Waals surface area contributed by atoms with E-state index >= 15 is 0 Å². The molecule has 0 aliphatic rings. The number of pyridine rings is 2. The fourth-order valence-electron chi connectivity index (χ4n) is 3.34. The molecule has 0 aliphatic heterocycles. The average Bonchev–Trinajstić information content (AvgIpc) is 3.14. The van der Waals surface area contributed by atoms with Gasteiger partial charge >= 0.3 is 6.18 Å². The number of aryl methyl sites for hydroxylation is 1. The van der Waals surface area contributed by atoms with Crippen molar-refractivity contribution in [3.05, 3.63) is 52.6 Å². The van der Waals surface area contributed by atoms with Crippen LogP contribution in [0.25, 0.3) is 32.9 Å². The van der Waals surface area contributed by atoms with Crippen molar-refractivity contribution >= 4 is 21.8 Å². The Labute approximate surface area is 156 Å². The largest absolute Gasteiger partial charge is 0.481 e. The second-order valence-electron chi connectivity index (χ2n) is 6.38. The third-order valence-corrected chi connectivity index (χ3v) is 4.59. The third-order valence-electron chi connectivity index (χ3n) is 4.59. The standard InChI is InChI=1S/C19H15F3N4O2/c1-10-12(5-6-16(24-10)28-2)11-3-4-13-15(7-11)26(9-19(20,21)22)18(27)14-8-23-25-17(13)14/h3-8H,9H2,1-2H3,(H,23,25). The highest BCUT2D eigenvalue weighted by Gasteiger charge is 2.30. The first-order chi connectivity index (χ1) is 13.3. The van der Waals surface area contributed by atoms with Crippen molar-refractivity contribution in [2.75, 3.05) is 7.11 Å². The van der Waals surface area contributed by atoms with Gasteiger partial charge in [0.25, 0.3) is 5.56 Å². The van der Waals surface area contributed by atoms with Crippen LogP contribution in [0.4, 0.5) is 13.2 Å². The van der Waals surface area contributed by atoms with Gasteiger partial charge in [-0.1, -0.05) is 12.1 Å². The number of fused-ring (bicyclic) bond motifs is 3. The van der Waals surface area contributed by atoms with E-state index in [-0.39, 0.29) is 10.9 Å². The molecule has 0 fully saturated rings. The van der Waals surface area contributed by atoms with Gasteiger partial charge in [-0.05, 0) is 24.6 Å². The number of ether oxygens (including phenoxy) is 1. The average molecular weight is 388 g/mol. The maximum Gasteiger partial charge on any atom is 0.406 e. The Morgan fingerprint density at radius 1 is 1.18 bits per heavy atom. The van der Waals surface area contributed by atoms with Crippen LogP contribution in [-0.4, -0.2) is 33.0 Å². The summed E-state index contributed by atoms with van der Waals surface area (Å²) in [5.41, 5.74) is 1.88. The van der Waals surface area contributed by atoms with E-state index < -0.39 is 18.3 Å². The first kappa shape index (κ1) is 18.0. The summed E-state index contributed by atoms with van der Waals surface area (Å²) in [5.74, 6) is 0.440. The Bertz CT molecular complexity index is 1260. The lowest BCUT2D eigenvalue weighted by atomic mass is 10.0. The summed E-state index contributed by atoms with van der Waals surface area (Å²) in [6, 6.07) is 8.48. The van der Waals surface area contributed by atoms with E-state index in [9.17, 15) is 18.0 Å². The Morgan fingerprint density at radius 3 is 2.64 bits per heavy atom. The van der Waals surface area contributed by atoms with Gasteiger partial charge in [0.2, 0.25) is 5.88 Å². The molecule has 4 aromatic rings. The zero-order valence-electron chi connectivity index (χ0n) is 15.0. The molecule has 0 atom stereocenters. The van der Waals surface area contributed by atoms with Crippen molar-refractivity contribution in [3.8, 4) is 17.0 Å². The summed E-state index contributed by atoms with van der Waals surface area (Å²) in [6.45, 7) is 0.398. The number of methoxy groups -OCH3 is 1. The number of nitrogens with one attached hydrogen (secondary N) is 1. The normalized spacial score (nSPS) is 12.0. The van der Waals surface area contributed by atoms with Gasteiger partial charge < -0.3 is 4.74 Å². The first-order valence-corrected chi connectivity index (χ1v) is 8.37. The summed E-state index contributed by atoms with van der Waals surface area (Å²) in [6.07, 6.45) is -3.29. The minimum Gasteiger partial charge on any atom is -0.481 e. The summed E-state index contributed by atoms with van der Waals surface area (Å²) in [5, 5.41) is 7.13. The van der Waals surface area contributed by atoms with E-state index in [1.54, 1.807) is 37.3 Å². The quantitative estimate of drug-likeness (QED) is 0.579. The van der Waals surface area contributed by atoms with Crippen LogP contribution in [0.5, 0.6) is 5.88 Å². The smallest absolute Gasteiger partial charge is 0.406 e. The zero-order valence-corrected chi connectivity index (χ0v) is 15.0. The first-order valence-electron chi connectivity index (χ1n) is 8.37. The van der Waals surface area contributed by atoms with E-state index in [1.165, 1.54) is 13.3 Å². The maximum atomic E-state index is 13.1. The molecule has 0 saturated carbocycles. The van der Waals surface area contributed by atoms with Crippen LogP contribution < -0.4 is 10.3 Å². The molecule has 9 heteroatoms. The second-order valence-corrected chi connectivity index (χ2v) is 6.38. The van der Waals surface area contributed by atoms with Crippen molar-refractivity contribution < 1.29 is 17.9 Å². The van der Waals surface area contributed by atoms with Gasteiger partial charge in [-0.2, -0.15) is 18.3 Å². The monoisotopic (exact) mass is 388 g/mol. The van der Waals surface area contributed by atoms with E-state index in [1.807, 2.05) is 0 Å². The number of halogens is 3. The maximum absolute atomic E-state index is 13.1. The second kappa shape index (κ2) is 6.36. The lowest BCUT2D eigenvalue weighted by Crippen LogP contribution is -2.28. The molecule has 0 aliphatic carbocycles. The van der Waals surface area contributed by atoms with Crippen LogP contribution in [0.1, 0.15) is 5.69 Å². The molecule has 0 amide bonds. The molecule has 0 spiro atoms. The molecule has 3 heterocycles. The van der Waals surface area contributed by atoms with Gasteiger partial charge in [0, 0.05) is 22.7 Å². The van der Waals surface area contributed by atoms with Gasteiger partial charge in [-0.25, -0.2) is 4.98 Å². The number of alkyl halides is 3. The molecule has 28 heavy (non-hydrogen) atoms. The molecular formula is C19H15F3N4O2. The number of rotatable bonds is 3. The predicted octanol–water partition coefficient (Wildman–Crippen LogP) is 3.82. The molecule has 1 N–H and O–H groups in total. The van der Waals surface area contributed by atoms with Crippen molar-refractivity contribution in [2.24, 2.45) is 0 Å². The number of aromatic nitrogens is 4. The van der Waals surface area contributed by atoms with Crippen LogP contribution in [-0.2, 0) is 6.54 Å². The number of aromatic amines is 1. The fourth-order valence-corrected chi connectivity index (χ4v) is 3.34. The number of hydrogen-bond acceptors (Lipinski definition) is 4. The highest BCUT2D eigenvalue weighted by molar-refractivity contribution is 6.04. The highest BCUT2D eigenvalue weighted by Crippen LogP contribution is 2.30. The molecule has 144 valence electrons. The van der Waals surface area contributed by atoms with Crippen LogP contribution in [0, 0.1) is 6.92 Å². The van der Waals surface area contributed by atoms with Crippen molar-refractivity contribution in [1.29, 1.82) is 0 Å². The molecule has 1 aromatic carbocycles. The molecule has 4 rings (SSSR count). The molecule has 3 aromatic heterocycles. The van der Waals surface area contributed by atoms with E-state index in [0.29, 0.717) is 28.0 Å². The molecule has 0 bridgehead atoms. The lowest BCUT2D eigenvalue weighted by molar-refractivity contribution is -0.140. The summed E-state index contributed by atoms with van der Waals surface area (Å²) in [7, 11) is 1.50. The number of H-pyrrole nitrogens is 1. The highest BCUT2D eigenvalue weighted by atomic mass is 19.4.